The molecule has 1 aliphatic rings. The van der Waals surface area contributed by atoms with E-state index >= 15 is 0 Å². The summed E-state index contributed by atoms with van der Waals surface area (Å²) in [4.78, 5) is 18.7. The highest BCUT2D eigenvalue weighted by Crippen LogP contribution is 2.18. The van der Waals surface area contributed by atoms with Crippen molar-refractivity contribution in [3.63, 3.8) is 0 Å². The Kier molecular flexibility index (Phi) is 4.79. The standard InChI is InChI=1S/C13H20N4OS/c1-17(2)12(18)9-15-13(16-10-5-6-10)14-8-11-4-3-7-19-11/h3-4,7,10H,5-6,8-9H2,1-2H3,(H2,14,15,16). The van der Waals surface area contributed by atoms with Crippen LogP contribution in [0.5, 0.6) is 0 Å². The molecule has 1 amide bonds. The molecule has 1 aromatic heterocycles. The highest BCUT2D eigenvalue weighted by molar-refractivity contribution is 7.09. The van der Waals surface area contributed by atoms with Crippen LogP contribution in [-0.4, -0.2) is 43.4 Å². The molecule has 0 atom stereocenters. The summed E-state index contributed by atoms with van der Waals surface area (Å²) in [5.41, 5.74) is 0. The van der Waals surface area contributed by atoms with E-state index in [0.717, 1.165) is 12.5 Å². The van der Waals surface area contributed by atoms with Gasteiger partial charge in [0.2, 0.25) is 5.91 Å². The first-order chi connectivity index (χ1) is 9.15. The van der Waals surface area contributed by atoms with Gasteiger partial charge in [-0.3, -0.25) is 4.79 Å². The number of nitrogens with zero attached hydrogens (tertiary/aromatic N) is 2. The molecule has 1 heterocycles. The van der Waals surface area contributed by atoms with Crippen LogP contribution in [-0.2, 0) is 11.3 Å². The smallest absolute Gasteiger partial charge is 0.243 e. The number of thiophene rings is 1. The van der Waals surface area contributed by atoms with Crippen molar-refractivity contribution in [1.82, 2.24) is 15.5 Å². The van der Waals surface area contributed by atoms with Gasteiger partial charge < -0.3 is 15.5 Å². The first kappa shape index (κ1) is 13.9. The normalized spacial score (nSPS) is 15.2. The zero-order valence-electron chi connectivity index (χ0n) is 11.3. The minimum absolute atomic E-state index is 0.00743. The van der Waals surface area contributed by atoms with Gasteiger partial charge in [-0.2, -0.15) is 0 Å². The predicted molar refractivity (Wildman–Crippen MR) is 78.3 cm³/mol. The molecule has 1 aliphatic carbocycles. The molecule has 0 saturated heterocycles. The molecule has 1 fully saturated rings. The van der Waals surface area contributed by atoms with Gasteiger partial charge in [0, 0.05) is 25.0 Å². The van der Waals surface area contributed by atoms with E-state index in [1.54, 1.807) is 30.3 Å². The van der Waals surface area contributed by atoms with Gasteiger partial charge in [-0.15, -0.1) is 11.3 Å². The average Bonchev–Trinajstić information content (AvgIpc) is 3.04. The Bertz CT molecular complexity index is 438. The quantitative estimate of drug-likeness (QED) is 0.626. The van der Waals surface area contributed by atoms with Gasteiger partial charge in [-0.05, 0) is 24.3 Å². The Labute approximate surface area is 117 Å². The van der Waals surface area contributed by atoms with E-state index in [4.69, 9.17) is 0 Å². The van der Waals surface area contributed by atoms with Crippen molar-refractivity contribution < 1.29 is 4.79 Å². The summed E-state index contributed by atoms with van der Waals surface area (Å²) in [7, 11) is 3.48. The Morgan fingerprint density at radius 3 is 2.89 bits per heavy atom. The molecule has 0 radical (unpaired) electrons. The molecule has 2 rings (SSSR count). The van der Waals surface area contributed by atoms with Crippen molar-refractivity contribution in [2.45, 2.75) is 25.4 Å². The van der Waals surface area contributed by atoms with Gasteiger partial charge in [0.05, 0.1) is 6.54 Å². The summed E-state index contributed by atoms with van der Waals surface area (Å²) in [5.74, 6) is 0.735. The summed E-state index contributed by atoms with van der Waals surface area (Å²) >= 11 is 1.71. The highest BCUT2D eigenvalue weighted by atomic mass is 32.1. The molecule has 1 aromatic rings. The van der Waals surface area contributed by atoms with Gasteiger partial charge in [0.1, 0.15) is 6.54 Å². The van der Waals surface area contributed by atoms with Crippen molar-refractivity contribution in [1.29, 1.82) is 0 Å². The summed E-state index contributed by atoms with van der Waals surface area (Å²) in [6.45, 7) is 0.922. The van der Waals surface area contributed by atoms with Crippen LogP contribution in [0.1, 0.15) is 17.7 Å². The number of hydrogen-bond donors (Lipinski definition) is 2. The molecule has 0 bridgehead atoms. The average molecular weight is 280 g/mol. The van der Waals surface area contributed by atoms with Crippen molar-refractivity contribution in [2.75, 3.05) is 20.6 Å². The molecular weight excluding hydrogens is 260 g/mol. The number of guanidine groups is 1. The topological polar surface area (TPSA) is 56.7 Å². The first-order valence-electron chi connectivity index (χ1n) is 6.42. The lowest BCUT2D eigenvalue weighted by Crippen LogP contribution is -2.39. The molecule has 0 unspecified atom stereocenters. The lowest BCUT2D eigenvalue weighted by atomic mass is 10.4. The molecule has 0 aromatic carbocycles. The molecule has 0 spiro atoms. The SMILES string of the molecule is CN(C)C(=O)CN=C(NCc1cccs1)NC1CC1. The number of rotatable bonds is 5. The van der Waals surface area contributed by atoms with Gasteiger partial charge in [0.15, 0.2) is 5.96 Å². The Morgan fingerprint density at radius 1 is 1.53 bits per heavy atom. The molecule has 0 aliphatic heterocycles. The second-order valence-corrected chi connectivity index (χ2v) is 5.84. The van der Waals surface area contributed by atoms with E-state index in [1.807, 2.05) is 6.07 Å². The lowest BCUT2D eigenvalue weighted by Gasteiger charge is -2.12. The maximum absolute atomic E-state index is 11.5. The van der Waals surface area contributed by atoms with Crippen molar-refractivity contribution in [2.24, 2.45) is 4.99 Å². The van der Waals surface area contributed by atoms with Crippen LogP contribution in [0.15, 0.2) is 22.5 Å². The van der Waals surface area contributed by atoms with E-state index in [0.29, 0.717) is 6.04 Å². The number of carbonyl (C=O) groups is 1. The summed E-state index contributed by atoms with van der Waals surface area (Å²) in [6.07, 6.45) is 2.36. The molecule has 5 nitrogen and oxygen atoms in total. The monoisotopic (exact) mass is 280 g/mol. The maximum Gasteiger partial charge on any atom is 0.243 e. The van der Waals surface area contributed by atoms with Crippen LogP contribution in [0.3, 0.4) is 0 Å². The third-order valence-electron chi connectivity index (χ3n) is 2.80. The van der Waals surface area contributed by atoms with Gasteiger partial charge in [-0.1, -0.05) is 6.07 Å². The number of likely N-dealkylation sites (N-methyl/N-ethyl adjacent to an activating group) is 1. The fourth-order valence-corrected chi connectivity index (χ4v) is 2.09. The molecule has 104 valence electrons. The lowest BCUT2D eigenvalue weighted by molar-refractivity contribution is -0.127. The van der Waals surface area contributed by atoms with E-state index in [9.17, 15) is 4.79 Å². The number of aliphatic imine (C=N–C) groups is 1. The minimum atomic E-state index is 0.00743. The van der Waals surface area contributed by atoms with Crippen molar-refractivity contribution >= 4 is 23.2 Å². The fraction of sp³-hybridized carbons (Fsp3) is 0.538. The summed E-state index contributed by atoms with van der Waals surface area (Å²) in [5, 5.41) is 8.64. The summed E-state index contributed by atoms with van der Waals surface area (Å²) < 4.78 is 0. The third-order valence-corrected chi connectivity index (χ3v) is 3.68. The zero-order valence-corrected chi connectivity index (χ0v) is 12.2. The van der Waals surface area contributed by atoms with E-state index in [2.05, 4.69) is 27.1 Å². The van der Waals surface area contributed by atoms with Crippen LogP contribution in [0.4, 0.5) is 0 Å². The molecule has 6 heteroatoms. The van der Waals surface area contributed by atoms with Crippen LogP contribution < -0.4 is 10.6 Å². The molecule has 2 N–H and O–H groups in total. The fourth-order valence-electron chi connectivity index (χ4n) is 1.45. The van der Waals surface area contributed by atoms with Crippen LogP contribution in [0.25, 0.3) is 0 Å². The van der Waals surface area contributed by atoms with E-state index < -0.39 is 0 Å². The number of hydrogen-bond acceptors (Lipinski definition) is 3. The minimum Gasteiger partial charge on any atom is -0.354 e. The van der Waals surface area contributed by atoms with Gasteiger partial charge in [-0.25, -0.2) is 4.99 Å². The number of nitrogens with one attached hydrogen (secondary N) is 2. The van der Waals surface area contributed by atoms with Crippen molar-refractivity contribution in [3.8, 4) is 0 Å². The van der Waals surface area contributed by atoms with Crippen LogP contribution >= 0.6 is 11.3 Å². The summed E-state index contributed by atoms with van der Waals surface area (Å²) in [6, 6.07) is 4.63. The Morgan fingerprint density at radius 2 is 2.32 bits per heavy atom. The van der Waals surface area contributed by atoms with E-state index in [-0.39, 0.29) is 12.5 Å². The molecule has 19 heavy (non-hydrogen) atoms. The largest absolute Gasteiger partial charge is 0.354 e. The Balaban J connectivity index is 1.86. The third kappa shape index (κ3) is 4.90. The maximum atomic E-state index is 11.5. The Hall–Kier alpha value is -1.56. The van der Waals surface area contributed by atoms with E-state index in [1.165, 1.54) is 17.7 Å². The number of carbonyl (C=O) groups excluding carboxylic acids is 1. The van der Waals surface area contributed by atoms with Crippen LogP contribution in [0, 0.1) is 0 Å². The first-order valence-corrected chi connectivity index (χ1v) is 7.30. The zero-order chi connectivity index (χ0) is 13.7. The molecular formula is C13H20N4OS. The number of amides is 1. The van der Waals surface area contributed by atoms with Gasteiger partial charge in [0.25, 0.3) is 0 Å². The van der Waals surface area contributed by atoms with Gasteiger partial charge >= 0.3 is 0 Å². The predicted octanol–water partition coefficient (Wildman–Crippen LogP) is 1.03. The van der Waals surface area contributed by atoms with Crippen LogP contribution in [0.2, 0.25) is 0 Å². The highest BCUT2D eigenvalue weighted by Gasteiger charge is 2.22. The van der Waals surface area contributed by atoms with Crippen molar-refractivity contribution in [3.05, 3.63) is 22.4 Å². The second-order valence-electron chi connectivity index (χ2n) is 4.80. The molecule has 1 saturated carbocycles. The second kappa shape index (κ2) is 6.56.